The highest BCUT2D eigenvalue weighted by Crippen LogP contribution is 2.58. The fourth-order valence-electron chi connectivity index (χ4n) is 1.28. The summed E-state index contributed by atoms with van der Waals surface area (Å²) in [5.41, 5.74) is 6.27. The minimum Gasteiger partial charge on any atom is -0.316 e. The highest BCUT2D eigenvalue weighted by atomic mass is 32.1. The summed E-state index contributed by atoms with van der Waals surface area (Å²) in [7, 11) is 0. The Morgan fingerprint density at radius 1 is 1.67 bits per heavy atom. The molecule has 1 aromatic heterocycles. The molecular weight excluding hydrogens is 182 g/mol. The van der Waals surface area contributed by atoms with Gasteiger partial charge in [-0.1, -0.05) is 0 Å². The van der Waals surface area contributed by atoms with E-state index in [9.17, 15) is 8.78 Å². The topological polar surface area (TPSA) is 38.9 Å². The standard InChI is InChI=1S/C7H8F2N2S/c1-4-5(12-3-11-4)6(10)2-7(6,8)9/h3H,2,10H2,1H3. The van der Waals surface area contributed by atoms with Crippen molar-refractivity contribution in [2.45, 2.75) is 24.8 Å². The molecule has 1 unspecified atom stereocenters. The Morgan fingerprint density at radius 2 is 2.25 bits per heavy atom. The molecule has 0 bridgehead atoms. The Bertz CT molecular complexity index is 323. The van der Waals surface area contributed by atoms with Gasteiger partial charge in [0.05, 0.1) is 16.1 Å². The summed E-state index contributed by atoms with van der Waals surface area (Å²) in [4.78, 5) is 4.41. The van der Waals surface area contributed by atoms with E-state index >= 15 is 0 Å². The lowest BCUT2D eigenvalue weighted by molar-refractivity contribution is 0.0897. The van der Waals surface area contributed by atoms with Crippen LogP contribution in [0.4, 0.5) is 8.78 Å². The van der Waals surface area contributed by atoms with Gasteiger partial charge in [-0.15, -0.1) is 11.3 Å². The van der Waals surface area contributed by atoms with Crippen molar-refractivity contribution in [3.8, 4) is 0 Å². The molecule has 1 aliphatic rings. The molecule has 0 saturated heterocycles. The van der Waals surface area contributed by atoms with Gasteiger partial charge in [0.2, 0.25) is 0 Å². The molecule has 1 atom stereocenters. The van der Waals surface area contributed by atoms with Gasteiger partial charge >= 0.3 is 0 Å². The monoisotopic (exact) mass is 190 g/mol. The highest BCUT2D eigenvalue weighted by molar-refractivity contribution is 7.10. The van der Waals surface area contributed by atoms with Crippen LogP contribution >= 0.6 is 11.3 Å². The summed E-state index contributed by atoms with van der Waals surface area (Å²) in [5.74, 6) is -2.73. The first-order valence-corrected chi connectivity index (χ1v) is 4.43. The molecule has 1 aromatic rings. The lowest BCUT2D eigenvalue weighted by Crippen LogP contribution is -2.26. The number of nitrogens with two attached hydrogens (primary N) is 1. The Kier molecular flexibility index (Phi) is 1.36. The zero-order valence-electron chi connectivity index (χ0n) is 6.47. The Labute approximate surface area is 72.4 Å². The van der Waals surface area contributed by atoms with Gasteiger partial charge in [0, 0.05) is 6.42 Å². The van der Waals surface area contributed by atoms with Crippen LogP contribution in [0.5, 0.6) is 0 Å². The first kappa shape index (κ1) is 8.07. The third-order valence-electron chi connectivity index (χ3n) is 2.18. The molecule has 1 aliphatic carbocycles. The lowest BCUT2D eigenvalue weighted by atomic mass is 10.2. The molecule has 66 valence electrons. The number of aryl methyl sites for hydroxylation is 1. The number of nitrogens with zero attached hydrogens (tertiary/aromatic N) is 1. The third-order valence-corrected chi connectivity index (χ3v) is 3.29. The van der Waals surface area contributed by atoms with E-state index in [1.165, 1.54) is 11.3 Å². The number of hydrogen-bond donors (Lipinski definition) is 1. The Morgan fingerprint density at radius 3 is 2.58 bits per heavy atom. The van der Waals surface area contributed by atoms with Gasteiger partial charge in [-0.25, -0.2) is 13.8 Å². The summed E-state index contributed by atoms with van der Waals surface area (Å²) in [6, 6.07) is 0. The molecular formula is C7H8F2N2S. The van der Waals surface area contributed by atoms with E-state index < -0.39 is 11.5 Å². The van der Waals surface area contributed by atoms with E-state index in [2.05, 4.69) is 4.98 Å². The number of aromatic nitrogens is 1. The van der Waals surface area contributed by atoms with E-state index in [1.54, 1.807) is 12.4 Å². The van der Waals surface area contributed by atoms with Crippen LogP contribution in [-0.4, -0.2) is 10.9 Å². The number of alkyl halides is 2. The van der Waals surface area contributed by atoms with E-state index in [0.717, 1.165) is 0 Å². The number of rotatable bonds is 1. The second-order valence-electron chi connectivity index (χ2n) is 3.12. The van der Waals surface area contributed by atoms with Crippen LogP contribution in [0.1, 0.15) is 17.0 Å². The predicted molar refractivity (Wildman–Crippen MR) is 42.3 cm³/mol. The smallest absolute Gasteiger partial charge is 0.273 e. The largest absolute Gasteiger partial charge is 0.316 e. The molecule has 0 amide bonds. The van der Waals surface area contributed by atoms with Crippen molar-refractivity contribution in [3.05, 3.63) is 16.1 Å². The van der Waals surface area contributed by atoms with Crippen LogP contribution in [-0.2, 0) is 5.54 Å². The Hall–Kier alpha value is -0.550. The van der Waals surface area contributed by atoms with Crippen molar-refractivity contribution in [1.29, 1.82) is 0 Å². The van der Waals surface area contributed by atoms with Crippen LogP contribution in [0.3, 0.4) is 0 Å². The van der Waals surface area contributed by atoms with Gasteiger partial charge in [-0.05, 0) is 6.92 Å². The molecule has 5 heteroatoms. The average molecular weight is 190 g/mol. The molecule has 1 fully saturated rings. The second-order valence-corrected chi connectivity index (χ2v) is 3.97. The van der Waals surface area contributed by atoms with Crippen LogP contribution in [0, 0.1) is 6.92 Å². The van der Waals surface area contributed by atoms with E-state index in [-0.39, 0.29) is 6.42 Å². The quantitative estimate of drug-likeness (QED) is 0.731. The van der Waals surface area contributed by atoms with Gasteiger partial charge in [0.1, 0.15) is 5.54 Å². The van der Waals surface area contributed by atoms with Crippen molar-refractivity contribution in [3.63, 3.8) is 0 Å². The highest BCUT2D eigenvalue weighted by Gasteiger charge is 2.71. The first-order chi connectivity index (χ1) is 5.47. The van der Waals surface area contributed by atoms with Crippen LogP contribution in [0.2, 0.25) is 0 Å². The van der Waals surface area contributed by atoms with Gasteiger partial charge in [0.15, 0.2) is 0 Å². The zero-order chi connectivity index (χ0) is 8.98. The molecule has 1 heterocycles. The lowest BCUT2D eigenvalue weighted by Gasteiger charge is -2.07. The summed E-state index contributed by atoms with van der Waals surface area (Å²) in [6.07, 6.45) is -0.247. The minimum atomic E-state index is -2.73. The number of thiazole rings is 1. The molecule has 0 radical (unpaired) electrons. The van der Waals surface area contributed by atoms with E-state index in [0.29, 0.717) is 10.6 Å². The van der Waals surface area contributed by atoms with Gasteiger partial charge in [0.25, 0.3) is 5.92 Å². The maximum atomic E-state index is 12.8. The first-order valence-electron chi connectivity index (χ1n) is 3.55. The molecule has 0 spiro atoms. The fraction of sp³-hybridized carbons (Fsp3) is 0.571. The SMILES string of the molecule is Cc1ncsc1C1(N)CC1(F)F. The molecule has 1 saturated carbocycles. The van der Waals surface area contributed by atoms with Crippen molar-refractivity contribution in [1.82, 2.24) is 4.98 Å². The molecule has 0 aromatic carbocycles. The van der Waals surface area contributed by atoms with Gasteiger partial charge < -0.3 is 5.73 Å². The van der Waals surface area contributed by atoms with Gasteiger partial charge in [-0.3, -0.25) is 0 Å². The third kappa shape index (κ3) is 0.834. The second kappa shape index (κ2) is 2.03. The summed E-state index contributed by atoms with van der Waals surface area (Å²) < 4.78 is 25.6. The number of hydrogen-bond acceptors (Lipinski definition) is 3. The minimum absolute atomic E-state index is 0.247. The van der Waals surface area contributed by atoms with Crippen molar-refractivity contribution >= 4 is 11.3 Å². The summed E-state index contributed by atoms with van der Waals surface area (Å²) >= 11 is 1.21. The van der Waals surface area contributed by atoms with Crippen molar-refractivity contribution in [2.24, 2.45) is 5.73 Å². The molecule has 2 nitrogen and oxygen atoms in total. The van der Waals surface area contributed by atoms with Crippen LogP contribution in [0.15, 0.2) is 5.51 Å². The molecule has 12 heavy (non-hydrogen) atoms. The summed E-state index contributed by atoms with van der Waals surface area (Å²) in [5, 5.41) is 0. The Balaban J connectivity index is 2.40. The summed E-state index contributed by atoms with van der Waals surface area (Å²) in [6.45, 7) is 1.70. The van der Waals surface area contributed by atoms with Crippen LogP contribution < -0.4 is 5.73 Å². The van der Waals surface area contributed by atoms with Crippen molar-refractivity contribution < 1.29 is 8.78 Å². The predicted octanol–water partition coefficient (Wildman–Crippen LogP) is 1.64. The van der Waals surface area contributed by atoms with Crippen LogP contribution in [0.25, 0.3) is 0 Å². The van der Waals surface area contributed by atoms with E-state index in [4.69, 9.17) is 5.73 Å². The molecule has 2 N–H and O–H groups in total. The zero-order valence-corrected chi connectivity index (χ0v) is 7.29. The molecule has 0 aliphatic heterocycles. The number of halogens is 2. The van der Waals surface area contributed by atoms with Gasteiger partial charge in [-0.2, -0.15) is 0 Å². The normalized spacial score (nSPS) is 32.0. The van der Waals surface area contributed by atoms with Crippen molar-refractivity contribution in [2.75, 3.05) is 0 Å². The fourth-order valence-corrected chi connectivity index (χ4v) is 2.25. The maximum Gasteiger partial charge on any atom is 0.273 e. The maximum absolute atomic E-state index is 12.8. The molecule has 2 rings (SSSR count). The average Bonchev–Trinajstić information content (AvgIpc) is 2.36. The van der Waals surface area contributed by atoms with E-state index in [1.807, 2.05) is 0 Å².